The van der Waals surface area contributed by atoms with Crippen LogP contribution in [-0.2, 0) is 6.54 Å². The molecule has 0 aliphatic rings. The topological polar surface area (TPSA) is 56.7 Å². The van der Waals surface area contributed by atoms with Crippen molar-refractivity contribution in [2.24, 2.45) is 0 Å². The molecule has 0 radical (unpaired) electrons. The van der Waals surface area contributed by atoms with Gasteiger partial charge >= 0.3 is 0 Å². The first-order valence-corrected chi connectivity index (χ1v) is 6.32. The summed E-state index contributed by atoms with van der Waals surface area (Å²) < 4.78 is 15.3. The molecule has 2 aromatic heterocycles. The van der Waals surface area contributed by atoms with Gasteiger partial charge < -0.3 is 10.3 Å². The van der Waals surface area contributed by atoms with Crippen LogP contribution in [0.25, 0.3) is 11.0 Å². The first-order chi connectivity index (χ1) is 8.65. The fourth-order valence-electron chi connectivity index (χ4n) is 1.91. The van der Waals surface area contributed by atoms with Gasteiger partial charge in [0.25, 0.3) is 0 Å². The number of thiazole rings is 1. The minimum atomic E-state index is -0.259. The van der Waals surface area contributed by atoms with E-state index < -0.39 is 0 Å². The molecule has 0 aliphatic heterocycles. The van der Waals surface area contributed by atoms with Crippen molar-refractivity contribution in [1.82, 2.24) is 14.5 Å². The van der Waals surface area contributed by atoms with Gasteiger partial charge in [0.2, 0.25) is 5.95 Å². The number of hydrogen-bond donors (Lipinski definition) is 1. The van der Waals surface area contributed by atoms with Crippen molar-refractivity contribution in [2.45, 2.75) is 13.5 Å². The molecule has 0 spiro atoms. The molecule has 2 heterocycles. The second kappa shape index (κ2) is 4.06. The van der Waals surface area contributed by atoms with Gasteiger partial charge in [0, 0.05) is 17.1 Å². The maximum Gasteiger partial charge on any atom is 0.201 e. The van der Waals surface area contributed by atoms with E-state index in [-0.39, 0.29) is 5.82 Å². The molecule has 0 fully saturated rings. The number of benzene rings is 1. The number of aromatic nitrogens is 3. The number of rotatable bonds is 2. The molecule has 0 saturated heterocycles. The van der Waals surface area contributed by atoms with E-state index in [4.69, 9.17) is 5.73 Å². The number of aryl methyl sites for hydroxylation is 1. The van der Waals surface area contributed by atoms with Crippen LogP contribution < -0.4 is 5.73 Å². The summed E-state index contributed by atoms with van der Waals surface area (Å²) in [7, 11) is 0. The number of anilines is 1. The number of fused-ring (bicyclic) bond motifs is 1. The molecule has 92 valence electrons. The van der Waals surface area contributed by atoms with Crippen LogP contribution in [0.1, 0.15) is 10.4 Å². The van der Waals surface area contributed by atoms with Crippen LogP contribution in [0.15, 0.2) is 23.8 Å². The van der Waals surface area contributed by atoms with E-state index in [9.17, 15) is 4.39 Å². The second-order valence-corrected chi connectivity index (χ2v) is 5.08. The fraction of sp³-hybridized carbons (Fsp3) is 0.167. The Labute approximate surface area is 107 Å². The normalized spacial score (nSPS) is 11.2. The molecule has 0 saturated carbocycles. The van der Waals surface area contributed by atoms with Crippen LogP contribution in [0.3, 0.4) is 0 Å². The van der Waals surface area contributed by atoms with Crippen LogP contribution in [0.4, 0.5) is 10.3 Å². The Kier molecular flexibility index (Phi) is 2.52. The molecule has 1 aromatic carbocycles. The van der Waals surface area contributed by atoms with Crippen LogP contribution in [0.2, 0.25) is 0 Å². The van der Waals surface area contributed by atoms with Gasteiger partial charge in [0.05, 0.1) is 23.1 Å². The second-order valence-electron chi connectivity index (χ2n) is 4.11. The van der Waals surface area contributed by atoms with Crippen LogP contribution >= 0.6 is 11.3 Å². The van der Waals surface area contributed by atoms with Crippen molar-refractivity contribution in [3.05, 3.63) is 40.1 Å². The van der Waals surface area contributed by atoms with E-state index in [2.05, 4.69) is 9.97 Å². The maximum atomic E-state index is 13.5. The molecule has 0 aliphatic carbocycles. The highest BCUT2D eigenvalue weighted by Crippen LogP contribution is 2.23. The standard InChI is InChI=1S/C12H11FN4S/c1-7-2-11-10(3-9(7)13)16-12(14)17(11)5-8-4-15-6-18-8/h2-4,6H,5H2,1H3,(H2,14,16). The molecule has 2 N–H and O–H groups in total. The summed E-state index contributed by atoms with van der Waals surface area (Å²) in [5.41, 5.74) is 9.68. The predicted octanol–water partition coefficient (Wildman–Crippen LogP) is 2.57. The van der Waals surface area contributed by atoms with E-state index in [1.54, 1.807) is 36.0 Å². The zero-order chi connectivity index (χ0) is 12.7. The molecule has 6 heteroatoms. The molecule has 4 nitrogen and oxygen atoms in total. The maximum absolute atomic E-state index is 13.5. The highest BCUT2D eigenvalue weighted by Gasteiger charge is 2.11. The monoisotopic (exact) mass is 262 g/mol. The van der Waals surface area contributed by atoms with Crippen molar-refractivity contribution in [3.63, 3.8) is 0 Å². The van der Waals surface area contributed by atoms with Crippen molar-refractivity contribution in [3.8, 4) is 0 Å². The number of halogens is 1. The van der Waals surface area contributed by atoms with Gasteiger partial charge in [-0.05, 0) is 18.6 Å². The first-order valence-electron chi connectivity index (χ1n) is 5.44. The molecular formula is C12H11FN4S. The first kappa shape index (κ1) is 11.2. The van der Waals surface area contributed by atoms with Gasteiger partial charge in [0.15, 0.2) is 0 Å². The van der Waals surface area contributed by atoms with Gasteiger partial charge in [-0.1, -0.05) is 0 Å². The molecule has 0 bridgehead atoms. The van der Waals surface area contributed by atoms with Gasteiger partial charge in [0.1, 0.15) is 5.82 Å². The van der Waals surface area contributed by atoms with Crippen LogP contribution in [0.5, 0.6) is 0 Å². The summed E-state index contributed by atoms with van der Waals surface area (Å²) in [6.45, 7) is 2.34. The predicted molar refractivity (Wildman–Crippen MR) is 70.1 cm³/mol. The molecule has 0 amide bonds. The molecule has 0 atom stereocenters. The van der Waals surface area contributed by atoms with E-state index >= 15 is 0 Å². The lowest BCUT2D eigenvalue weighted by Crippen LogP contribution is -2.03. The van der Waals surface area contributed by atoms with Crippen LogP contribution in [-0.4, -0.2) is 14.5 Å². The summed E-state index contributed by atoms with van der Waals surface area (Å²) in [6, 6.07) is 3.19. The minimum absolute atomic E-state index is 0.259. The Hall–Kier alpha value is -1.95. The molecule has 18 heavy (non-hydrogen) atoms. The average molecular weight is 262 g/mol. The zero-order valence-corrected chi connectivity index (χ0v) is 10.5. The Morgan fingerprint density at radius 2 is 2.28 bits per heavy atom. The Balaban J connectivity index is 2.16. The van der Waals surface area contributed by atoms with Crippen molar-refractivity contribution in [2.75, 3.05) is 5.73 Å². The third-order valence-electron chi connectivity index (χ3n) is 2.86. The number of imidazole rings is 1. The Morgan fingerprint density at radius 3 is 3.00 bits per heavy atom. The van der Waals surface area contributed by atoms with Gasteiger partial charge in [-0.2, -0.15) is 0 Å². The van der Waals surface area contributed by atoms with E-state index in [1.165, 1.54) is 6.07 Å². The molecule has 3 aromatic rings. The summed E-state index contributed by atoms with van der Waals surface area (Å²) in [5, 5.41) is 0. The lowest BCUT2D eigenvalue weighted by molar-refractivity contribution is 0.620. The van der Waals surface area contributed by atoms with Crippen molar-refractivity contribution < 1.29 is 4.39 Å². The molecule has 0 unspecified atom stereocenters. The van der Waals surface area contributed by atoms with E-state index in [1.807, 2.05) is 4.57 Å². The highest BCUT2D eigenvalue weighted by atomic mass is 32.1. The lowest BCUT2D eigenvalue weighted by Gasteiger charge is -2.04. The van der Waals surface area contributed by atoms with Gasteiger partial charge in [-0.25, -0.2) is 9.37 Å². The summed E-state index contributed by atoms with van der Waals surface area (Å²) in [5.74, 6) is 0.133. The van der Waals surface area contributed by atoms with Crippen molar-refractivity contribution >= 4 is 28.3 Å². The molecule has 3 rings (SSSR count). The molecular weight excluding hydrogens is 251 g/mol. The summed E-state index contributed by atoms with van der Waals surface area (Å²) >= 11 is 1.56. The third-order valence-corrected chi connectivity index (χ3v) is 3.62. The number of nitrogens with two attached hydrogens (primary N) is 1. The Morgan fingerprint density at radius 1 is 1.44 bits per heavy atom. The smallest absolute Gasteiger partial charge is 0.201 e. The van der Waals surface area contributed by atoms with E-state index in [0.29, 0.717) is 23.6 Å². The quantitative estimate of drug-likeness (QED) is 0.772. The average Bonchev–Trinajstić information content (AvgIpc) is 2.92. The SMILES string of the molecule is Cc1cc2c(cc1F)nc(N)n2Cc1cncs1. The Bertz CT molecular complexity index is 703. The highest BCUT2D eigenvalue weighted by molar-refractivity contribution is 7.09. The van der Waals surface area contributed by atoms with Gasteiger partial charge in [-0.15, -0.1) is 11.3 Å². The van der Waals surface area contributed by atoms with E-state index in [0.717, 1.165) is 10.4 Å². The minimum Gasteiger partial charge on any atom is -0.369 e. The third kappa shape index (κ3) is 1.74. The summed E-state index contributed by atoms with van der Waals surface area (Å²) in [6.07, 6.45) is 1.80. The number of nitrogens with zero attached hydrogens (tertiary/aromatic N) is 3. The zero-order valence-electron chi connectivity index (χ0n) is 9.72. The number of nitrogen functional groups attached to an aromatic ring is 1. The van der Waals surface area contributed by atoms with Gasteiger partial charge in [-0.3, -0.25) is 4.98 Å². The lowest BCUT2D eigenvalue weighted by atomic mass is 10.2. The largest absolute Gasteiger partial charge is 0.369 e. The fourth-order valence-corrected chi connectivity index (χ4v) is 2.49. The van der Waals surface area contributed by atoms with Crippen molar-refractivity contribution in [1.29, 1.82) is 0 Å². The van der Waals surface area contributed by atoms with Crippen LogP contribution in [0, 0.1) is 12.7 Å². The number of hydrogen-bond acceptors (Lipinski definition) is 4. The summed E-state index contributed by atoms with van der Waals surface area (Å²) in [4.78, 5) is 9.29.